The number of anilines is 3. The van der Waals surface area contributed by atoms with E-state index in [-0.39, 0.29) is 11.8 Å². The molecule has 0 radical (unpaired) electrons. The monoisotopic (exact) mass is 529 g/mol. The summed E-state index contributed by atoms with van der Waals surface area (Å²) in [5.74, 6) is -0.124. The van der Waals surface area contributed by atoms with Gasteiger partial charge >= 0.3 is 0 Å². The van der Waals surface area contributed by atoms with E-state index < -0.39 is 0 Å². The molecule has 1 unspecified atom stereocenters. The summed E-state index contributed by atoms with van der Waals surface area (Å²) in [6, 6.07) is 23.2. The summed E-state index contributed by atoms with van der Waals surface area (Å²) in [5, 5.41) is 6.96. The van der Waals surface area contributed by atoms with E-state index in [4.69, 9.17) is 11.6 Å². The smallest absolute Gasteiger partial charge is 0.258 e. The highest BCUT2D eigenvalue weighted by molar-refractivity contribution is 6.38. The van der Waals surface area contributed by atoms with Crippen LogP contribution in [0.25, 0.3) is 11.3 Å². The Morgan fingerprint density at radius 2 is 1.82 bits per heavy atom. The number of hydrogen-bond donors (Lipinski definition) is 2. The Balaban J connectivity index is 1.38. The van der Waals surface area contributed by atoms with Crippen LogP contribution in [0.4, 0.5) is 17.1 Å². The molecule has 0 aromatic heterocycles. The summed E-state index contributed by atoms with van der Waals surface area (Å²) in [5.41, 5.74) is 5.26. The minimum atomic E-state index is -0.186. The van der Waals surface area contributed by atoms with Gasteiger partial charge in [0.1, 0.15) is 0 Å². The van der Waals surface area contributed by atoms with E-state index in [9.17, 15) is 9.59 Å². The molecule has 8 heteroatoms. The molecule has 5 rings (SSSR count). The van der Waals surface area contributed by atoms with Crippen molar-refractivity contribution < 1.29 is 9.59 Å². The van der Waals surface area contributed by atoms with Crippen molar-refractivity contribution >= 4 is 51.7 Å². The zero-order valence-electron chi connectivity index (χ0n) is 21.9. The van der Waals surface area contributed by atoms with E-state index in [0.29, 0.717) is 34.6 Å². The summed E-state index contributed by atoms with van der Waals surface area (Å²) in [4.78, 5) is 32.3. The van der Waals surface area contributed by atoms with Gasteiger partial charge in [-0.15, -0.1) is 0 Å². The number of nitrogens with one attached hydrogen (secondary N) is 2. The van der Waals surface area contributed by atoms with Crippen LogP contribution in [0.15, 0.2) is 72.8 Å². The van der Waals surface area contributed by atoms with Gasteiger partial charge in [0.05, 0.1) is 23.5 Å². The number of benzene rings is 3. The lowest BCUT2D eigenvalue weighted by Crippen LogP contribution is -2.53. The number of fused-ring (bicyclic) bond motifs is 1. The molecule has 7 nitrogen and oxygen atoms in total. The fourth-order valence-electron chi connectivity index (χ4n) is 5.03. The Hall–Kier alpha value is -3.65. The summed E-state index contributed by atoms with van der Waals surface area (Å²) in [6.07, 6.45) is 0. The number of hydrogen-bond acceptors (Lipinski definition) is 5. The fraction of sp³-hybridized carbons (Fsp3) is 0.267. The molecule has 3 aromatic carbocycles. The van der Waals surface area contributed by atoms with Gasteiger partial charge in [-0.25, -0.2) is 0 Å². The zero-order valence-corrected chi connectivity index (χ0v) is 22.6. The molecular weight excluding hydrogens is 498 g/mol. The van der Waals surface area contributed by atoms with Crippen molar-refractivity contribution in [1.29, 1.82) is 0 Å². The molecule has 0 aliphatic carbocycles. The fourth-order valence-corrected chi connectivity index (χ4v) is 5.20. The van der Waals surface area contributed by atoms with Gasteiger partial charge in [-0.05, 0) is 55.9 Å². The first-order valence-corrected chi connectivity index (χ1v) is 13.1. The van der Waals surface area contributed by atoms with Crippen LogP contribution in [-0.2, 0) is 9.59 Å². The lowest BCUT2D eigenvalue weighted by Gasteiger charge is -2.38. The molecular formula is C30H32ClN5O2. The molecule has 1 atom stereocenters. The summed E-state index contributed by atoms with van der Waals surface area (Å²) < 4.78 is 0. The molecule has 0 bridgehead atoms. The Bertz CT molecular complexity index is 1370. The molecule has 2 N–H and O–H groups in total. The highest BCUT2D eigenvalue weighted by atomic mass is 35.5. The Labute approximate surface area is 228 Å². The molecule has 38 heavy (non-hydrogen) atoms. The number of likely N-dealkylation sites (N-methyl/N-ethyl adjacent to an activating group) is 2. The molecule has 1 saturated heterocycles. The Kier molecular flexibility index (Phi) is 7.51. The van der Waals surface area contributed by atoms with Gasteiger partial charge in [-0.1, -0.05) is 48.0 Å². The van der Waals surface area contributed by atoms with Crippen molar-refractivity contribution in [3.63, 3.8) is 0 Å². The topological polar surface area (TPSA) is 67.9 Å². The van der Waals surface area contributed by atoms with E-state index in [1.165, 1.54) is 0 Å². The van der Waals surface area contributed by atoms with Crippen LogP contribution in [0.2, 0.25) is 5.02 Å². The standard InChI is InChI=1S/C30H32ClN5O2/c1-20-18-34(2)15-16-36(20)19-27(37)35(3)24-12-10-23(11-13-24)32-29(21-7-5-4-6-8-21)28-25-14-9-22(31)17-26(25)33-30(28)38/h4-14,17,20,32H,15-16,18-19H2,1-3H3,(H,33,38)/b29-28-. The van der Waals surface area contributed by atoms with Gasteiger partial charge in [0.2, 0.25) is 5.91 Å². The van der Waals surface area contributed by atoms with E-state index in [2.05, 4.69) is 34.4 Å². The Morgan fingerprint density at radius 3 is 2.53 bits per heavy atom. The van der Waals surface area contributed by atoms with Gasteiger partial charge in [0.25, 0.3) is 5.91 Å². The van der Waals surface area contributed by atoms with Crippen LogP contribution in [0, 0.1) is 0 Å². The second-order valence-electron chi connectivity index (χ2n) is 9.97. The van der Waals surface area contributed by atoms with Crippen LogP contribution in [0.3, 0.4) is 0 Å². The van der Waals surface area contributed by atoms with Crippen LogP contribution < -0.4 is 15.5 Å². The van der Waals surface area contributed by atoms with Crippen LogP contribution in [0.5, 0.6) is 0 Å². The van der Waals surface area contributed by atoms with Crippen molar-refractivity contribution in [2.45, 2.75) is 13.0 Å². The number of halogens is 1. The van der Waals surface area contributed by atoms with Gasteiger partial charge in [0, 0.05) is 54.7 Å². The van der Waals surface area contributed by atoms with E-state index in [1.54, 1.807) is 17.0 Å². The largest absolute Gasteiger partial charge is 0.354 e. The Morgan fingerprint density at radius 1 is 1.08 bits per heavy atom. The number of rotatable bonds is 6. The molecule has 2 amide bonds. The molecule has 0 saturated carbocycles. The number of nitrogens with zero attached hydrogens (tertiary/aromatic N) is 3. The third-order valence-corrected chi connectivity index (χ3v) is 7.48. The second-order valence-corrected chi connectivity index (χ2v) is 10.4. The van der Waals surface area contributed by atoms with E-state index in [0.717, 1.165) is 42.1 Å². The summed E-state index contributed by atoms with van der Waals surface area (Å²) in [7, 11) is 3.93. The molecule has 0 spiro atoms. The summed E-state index contributed by atoms with van der Waals surface area (Å²) >= 11 is 6.16. The van der Waals surface area contributed by atoms with Crippen LogP contribution in [-0.4, -0.2) is 67.9 Å². The van der Waals surface area contributed by atoms with Crippen molar-refractivity contribution in [2.75, 3.05) is 55.8 Å². The quantitative estimate of drug-likeness (QED) is 0.446. The minimum absolute atomic E-state index is 0.0621. The minimum Gasteiger partial charge on any atom is -0.354 e. The predicted molar refractivity (Wildman–Crippen MR) is 155 cm³/mol. The lowest BCUT2D eigenvalue weighted by molar-refractivity contribution is -0.120. The molecule has 196 valence electrons. The van der Waals surface area contributed by atoms with E-state index >= 15 is 0 Å². The first-order chi connectivity index (χ1) is 18.3. The highest BCUT2D eigenvalue weighted by Crippen LogP contribution is 2.38. The zero-order chi connectivity index (χ0) is 26.8. The normalized spacial score (nSPS) is 19.1. The number of piperazine rings is 1. The molecule has 3 aromatic rings. The number of carbonyl (C=O) groups is 2. The maximum absolute atomic E-state index is 13.1. The third-order valence-electron chi connectivity index (χ3n) is 7.24. The maximum atomic E-state index is 13.1. The number of carbonyl (C=O) groups excluding carboxylic acids is 2. The molecule has 2 aliphatic rings. The average molecular weight is 530 g/mol. The van der Waals surface area contributed by atoms with Gasteiger partial charge < -0.3 is 20.4 Å². The van der Waals surface area contributed by atoms with Crippen molar-refractivity contribution in [3.05, 3.63) is 88.9 Å². The van der Waals surface area contributed by atoms with Gasteiger partial charge in [-0.3, -0.25) is 14.5 Å². The predicted octanol–water partition coefficient (Wildman–Crippen LogP) is 4.87. The first-order valence-electron chi connectivity index (χ1n) is 12.8. The van der Waals surface area contributed by atoms with Gasteiger partial charge in [-0.2, -0.15) is 0 Å². The maximum Gasteiger partial charge on any atom is 0.258 e. The van der Waals surface area contributed by atoms with Gasteiger partial charge in [0.15, 0.2) is 0 Å². The van der Waals surface area contributed by atoms with E-state index in [1.807, 2.05) is 67.7 Å². The molecule has 2 heterocycles. The number of amides is 2. The summed E-state index contributed by atoms with van der Waals surface area (Å²) in [6.45, 7) is 5.39. The average Bonchev–Trinajstić information content (AvgIpc) is 3.23. The van der Waals surface area contributed by atoms with Crippen LogP contribution in [0.1, 0.15) is 18.1 Å². The van der Waals surface area contributed by atoms with Crippen molar-refractivity contribution in [2.24, 2.45) is 0 Å². The van der Waals surface area contributed by atoms with Crippen molar-refractivity contribution in [3.8, 4) is 0 Å². The molecule has 2 aliphatic heterocycles. The lowest BCUT2D eigenvalue weighted by atomic mass is 10.00. The first kappa shape index (κ1) is 26.0. The SMILES string of the molecule is CC1CN(C)CCN1CC(=O)N(C)c1ccc(N/C(=C2\C(=O)Nc3cc(Cl)ccc32)c2ccccc2)cc1. The van der Waals surface area contributed by atoms with Crippen LogP contribution >= 0.6 is 11.6 Å². The van der Waals surface area contributed by atoms with Crippen molar-refractivity contribution in [1.82, 2.24) is 9.80 Å². The third kappa shape index (κ3) is 5.45. The second kappa shape index (κ2) is 11.0. The molecule has 1 fully saturated rings. The highest BCUT2D eigenvalue weighted by Gasteiger charge is 2.29.